The lowest BCUT2D eigenvalue weighted by Crippen LogP contribution is -2.46. The summed E-state index contributed by atoms with van der Waals surface area (Å²) < 4.78 is 22.7. The number of rotatable bonds is 28. The first-order valence-corrected chi connectivity index (χ1v) is 19.1. The summed E-state index contributed by atoms with van der Waals surface area (Å²) in [6, 6.07) is 0. The average molecular weight is 653 g/mol. The second kappa shape index (κ2) is 27.9. The summed E-state index contributed by atoms with van der Waals surface area (Å²) in [5, 5.41) is 0. The molecule has 0 saturated heterocycles. The van der Waals surface area contributed by atoms with Crippen LogP contribution >= 0.6 is 0 Å². The fraction of sp³-hybridized carbons (Fsp3) is 0.895. The van der Waals surface area contributed by atoms with Gasteiger partial charge in [-0.15, -0.1) is 0 Å². The first kappa shape index (κ1) is 41.9. The molecule has 0 bridgehead atoms. The van der Waals surface area contributed by atoms with E-state index >= 15 is 0 Å². The maximum atomic E-state index is 13.5. The van der Waals surface area contributed by atoms with Crippen molar-refractivity contribution in [1.82, 2.24) is 0 Å². The molecular formula is C38H68O8. The van der Waals surface area contributed by atoms with Crippen molar-refractivity contribution in [2.24, 2.45) is 23.7 Å². The summed E-state index contributed by atoms with van der Waals surface area (Å²) in [6.45, 7) is 9.69. The van der Waals surface area contributed by atoms with E-state index in [1.807, 2.05) is 0 Å². The summed E-state index contributed by atoms with van der Waals surface area (Å²) >= 11 is 0. The average Bonchev–Trinajstić information content (AvgIpc) is 3.06. The highest BCUT2D eigenvalue weighted by Gasteiger charge is 2.51. The van der Waals surface area contributed by atoms with Crippen molar-refractivity contribution in [2.75, 3.05) is 26.4 Å². The molecule has 0 radical (unpaired) electrons. The first-order valence-electron chi connectivity index (χ1n) is 19.1. The lowest BCUT2D eigenvalue weighted by molar-refractivity contribution is -0.175. The van der Waals surface area contributed by atoms with Crippen LogP contribution in [-0.2, 0) is 38.1 Å². The quantitative estimate of drug-likeness (QED) is 0.0468. The number of hydrogen-bond donors (Lipinski definition) is 0. The molecule has 0 aromatic rings. The topological polar surface area (TPSA) is 105 Å². The second-order valence-corrected chi connectivity index (χ2v) is 13.2. The van der Waals surface area contributed by atoms with E-state index in [2.05, 4.69) is 27.7 Å². The van der Waals surface area contributed by atoms with Crippen molar-refractivity contribution in [1.29, 1.82) is 0 Å². The molecule has 268 valence electrons. The Kier molecular flexibility index (Phi) is 25.5. The van der Waals surface area contributed by atoms with E-state index < -0.39 is 47.5 Å². The van der Waals surface area contributed by atoms with Gasteiger partial charge in [0.2, 0.25) is 0 Å². The fourth-order valence-corrected chi connectivity index (χ4v) is 6.19. The van der Waals surface area contributed by atoms with Crippen molar-refractivity contribution in [3.05, 3.63) is 0 Å². The number of carbonyl (C=O) groups is 4. The highest BCUT2D eigenvalue weighted by atomic mass is 16.5. The molecule has 0 aromatic heterocycles. The minimum absolute atomic E-state index is 0.00979. The molecule has 8 nitrogen and oxygen atoms in total. The second-order valence-electron chi connectivity index (χ2n) is 13.2. The van der Waals surface area contributed by atoms with E-state index in [0.717, 1.165) is 128 Å². The molecule has 46 heavy (non-hydrogen) atoms. The summed E-state index contributed by atoms with van der Waals surface area (Å²) in [7, 11) is 0. The number of unbranched alkanes of at least 4 members (excludes halogenated alkanes) is 16. The molecular weight excluding hydrogens is 584 g/mol. The number of ether oxygens (including phenoxy) is 4. The van der Waals surface area contributed by atoms with Crippen LogP contribution in [0.5, 0.6) is 0 Å². The van der Waals surface area contributed by atoms with Crippen LogP contribution in [0, 0.1) is 23.7 Å². The fourth-order valence-electron chi connectivity index (χ4n) is 6.19. The lowest BCUT2D eigenvalue weighted by atomic mass is 9.68. The van der Waals surface area contributed by atoms with Gasteiger partial charge >= 0.3 is 23.9 Å². The van der Waals surface area contributed by atoms with E-state index in [4.69, 9.17) is 18.9 Å². The molecule has 1 saturated carbocycles. The summed E-state index contributed by atoms with van der Waals surface area (Å²) in [5.74, 6) is -5.49. The monoisotopic (exact) mass is 652 g/mol. The number of carbonyl (C=O) groups excluding carboxylic acids is 4. The third kappa shape index (κ3) is 18.3. The Hall–Kier alpha value is -2.12. The van der Waals surface area contributed by atoms with Crippen LogP contribution in [0.3, 0.4) is 0 Å². The van der Waals surface area contributed by atoms with E-state index in [1.54, 1.807) is 0 Å². The van der Waals surface area contributed by atoms with E-state index in [9.17, 15) is 19.2 Å². The van der Waals surface area contributed by atoms with Crippen molar-refractivity contribution in [3.63, 3.8) is 0 Å². The highest BCUT2D eigenvalue weighted by Crippen LogP contribution is 2.41. The summed E-state index contributed by atoms with van der Waals surface area (Å²) in [6.07, 6.45) is 20.3. The molecule has 8 heteroatoms. The van der Waals surface area contributed by atoms with Crippen molar-refractivity contribution >= 4 is 23.9 Å². The number of esters is 4. The molecule has 4 atom stereocenters. The molecule has 0 aromatic carbocycles. The van der Waals surface area contributed by atoms with Crippen LogP contribution in [0.1, 0.15) is 169 Å². The SMILES string of the molecule is CCCCCCCOC(=O)C1CC(C(=O)OCCCCCCC)C(C(=O)OCCCCCCC)CC1C(=O)OCCCCCCC. The van der Waals surface area contributed by atoms with Crippen LogP contribution in [0.15, 0.2) is 0 Å². The molecule has 1 aliphatic carbocycles. The van der Waals surface area contributed by atoms with Crippen LogP contribution in [0.25, 0.3) is 0 Å². The Balaban J connectivity index is 3.04. The molecule has 0 spiro atoms. The predicted octanol–water partition coefficient (Wildman–Crippen LogP) is 9.30. The van der Waals surface area contributed by atoms with Gasteiger partial charge in [-0.05, 0) is 38.5 Å². The van der Waals surface area contributed by atoms with Crippen LogP contribution in [-0.4, -0.2) is 50.3 Å². The summed E-state index contributed by atoms with van der Waals surface area (Å²) in [4.78, 5) is 53.8. The van der Waals surface area contributed by atoms with Gasteiger partial charge in [-0.25, -0.2) is 0 Å². The van der Waals surface area contributed by atoms with Crippen molar-refractivity contribution < 1.29 is 38.1 Å². The van der Waals surface area contributed by atoms with Gasteiger partial charge in [0.15, 0.2) is 0 Å². The van der Waals surface area contributed by atoms with Gasteiger partial charge in [0.1, 0.15) is 0 Å². The molecule has 1 fully saturated rings. The highest BCUT2D eigenvalue weighted by molar-refractivity contribution is 5.87. The Morgan fingerprint density at radius 1 is 0.348 bits per heavy atom. The summed E-state index contributed by atoms with van der Waals surface area (Å²) in [5.41, 5.74) is 0. The van der Waals surface area contributed by atoms with Gasteiger partial charge in [-0.3, -0.25) is 19.2 Å². The van der Waals surface area contributed by atoms with Crippen molar-refractivity contribution in [3.8, 4) is 0 Å². The third-order valence-corrected chi connectivity index (χ3v) is 9.17. The number of hydrogen-bond acceptors (Lipinski definition) is 8. The van der Waals surface area contributed by atoms with Gasteiger partial charge in [-0.1, -0.05) is 130 Å². The van der Waals surface area contributed by atoms with Gasteiger partial charge in [0.05, 0.1) is 50.1 Å². The Morgan fingerprint density at radius 3 is 0.739 bits per heavy atom. The minimum Gasteiger partial charge on any atom is -0.465 e. The van der Waals surface area contributed by atoms with Gasteiger partial charge in [0, 0.05) is 0 Å². The zero-order valence-corrected chi connectivity index (χ0v) is 30.0. The molecule has 0 N–H and O–H groups in total. The smallest absolute Gasteiger partial charge is 0.309 e. The normalized spacial score (nSPS) is 19.4. The predicted molar refractivity (Wildman–Crippen MR) is 182 cm³/mol. The molecule has 1 aliphatic rings. The minimum atomic E-state index is -0.872. The molecule has 1 rings (SSSR count). The Labute approximate surface area is 280 Å². The lowest BCUT2D eigenvalue weighted by Gasteiger charge is -2.37. The maximum absolute atomic E-state index is 13.5. The Morgan fingerprint density at radius 2 is 0.543 bits per heavy atom. The molecule has 0 heterocycles. The largest absolute Gasteiger partial charge is 0.465 e. The Bertz CT molecular complexity index is 683. The molecule has 0 aliphatic heterocycles. The zero-order valence-electron chi connectivity index (χ0n) is 30.0. The van der Waals surface area contributed by atoms with Crippen molar-refractivity contribution in [2.45, 2.75) is 169 Å². The first-order chi connectivity index (χ1) is 22.4. The standard InChI is InChI=1S/C38H68O8/c1-5-9-13-17-21-25-43-35(39)31-29-33(37(41)45-27-23-19-15-11-7-3)34(38(42)46-28-24-20-16-12-8-4)30-32(31)36(40)44-26-22-18-14-10-6-2/h31-34H,5-30H2,1-4H3. The van der Waals surface area contributed by atoms with Gasteiger partial charge in [0.25, 0.3) is 0 Å². The molecule has 4 unspecified atom stereocenters. The van der Waals surface area contributed by atoms with Crippen LogP contribution < -0.4 is 0 Å². The van der Waals surface area contributed by atoms with E-state index in [-0.39, 0.29) is 39.3 Å². The van der Waals surface area contributed by atoms with Crippen LogP contribution in [0.4, 0.5) is 0 Å². The maximum Gasteiger partial charge on any atom is 0.309 e. The zero-order chi connectivity index (χ0) is 33.8. The van der Waals surface area contributed by atoms with E-state index in [1.165, 1.54) is 0 Å². The molecule has 0 amide bonds. The third-order valence-electron chi connectivity index (χ3n) is 9.17. The van der Waals surface area contributed by atoms with Gasteiger partial charge < -0.3 is 18.9 Å². The van der Waals surface area contributed by atoms with Crippen LogP contribution in [0.2, 0.25) is 0 Å². The van der Waals surface area contributed by atoms with Gasteiger partial charge in [-0.2, -0.15) is 0 Å². The van der Waals surface area contributed by atoms with E-state index in [0.29, 0.717) is 0 Å².